The van der Waals surface area contributed by atoms with E-state index in [0.717, 1.165) is 32.5 Å². The SMILES string of the molecule is CNCCCN(C)S(=O)(=O)N1CCCN(C)CC1. The predicted molar refractivity (Wildman–Crippen MR) is 73.8 cm³/mol. The van der Waals surface area contributed by atoms with Crippen molar-refractivity contribution in [3.05, 3.63) is 0 Å². The highest BCUT2D eigenvalue weighted by atomic mass is 32.2. The third kappa shape index (κ3) is 4.47. The number of hydrogen-bond donors (Lipinski definition) is 1. The molecule has 1 aliphatic rings. The highest BCUT2D eigenvalue weighted by molar-refractivity contribution is 7.86. The molecule has 1 fully saturated rings. The van der Waals surface area contributed by atoms with Gasteiger partial charge in [-0.3, -0.25) is 0 Å². The zero-order valence-electron chi connectivity index (χ0n) is 11.7. The summed E-state index contributed by atoms with van der Waals surface area (Å²) in [5.74, 6) is 0. The molecule has 0 amide bonds. The second-order valence-electron chi connectivity index (χ2n) is 4.84. The van der Waals surface area contributed by atoms with Gasteiger partial charge in [0, 0.05) is 33.2 Å². The minimum atomic E-state index is -3.28. The van der Waals surface area contributed by atoms with E-state index in [1.54, 1.807) is 11.4 Å². The van der Waals surface area contributed by atoms with Gasteiger partial charge in [-0.2, -0.15) is 17.0 Å². The van der Waals surface area contributed by atoms with Crippen LogP contribution in [0.2, 0.25) is 0 Å². The second-order valence-corrected chi connectivity index (χ2v) is 6.88. The summed E-state index contributed by atoms with van der Waals surface area (Å²) in [5, 5.41) is 3.03. The zero-order valence-corrected chi connectivity index (χ0v) is 12.5. The maximum Gasteiger partial charge on any atom is 0.281 e. The van der Waals surface area contributed by atoms with Crippen LogP contribution in [-0.4, -0.2) is 82.3 Å². The molecule has 0 spiro atoms. The first kappa shape index (κ1) is 15.8. The van der Waals surface area contributed by atoms with E-state index < -0.39 is 10.2 Å². The van der Waals surface area contributed by atoms with Gasteiger partial charge in [0.15, 0.2) is 0 Å². The van der Waals surface area contributed by atoms with E-state index in [1.165, 1.54) is 4.31 Å². The molecular formula is C11H26N4O2S. The lowest BCUT2D eigenvalue weighted by Crippen LogP contribution is -2.44. The van der Waals surface area contributed by atoms with Crippen molar-refractivity contribution in [3.8, 4) is 0 Å². The molecule has 1 saturated heterocycles. The van der Waals surface area contributed by atoms with E-state index in [1.807, 2.05) is 14.1 Å². The first-order valence-corrected chi connectivity index (χ1v) is 7.92. The Bertz CT molecular complexity index is 334. The number of hydrogen-bond acceptors (Lipinski definition) is 4. The van der Waals surface area contributed by atoms with Crippen molar-refractivity contribution in [2.75, 3.05) is 60.4 Å². The van der Waals surface area contributed by atoms with Gasteiger partial charge in [-0.1, -0.05) is 0 Å². The number of nitrogens with zero attached hydrogens (tertiary/aromatic N) is 3. The highest BCUT2D eigenvalue weighted by Gasteiger charge is 2.27. The van der Waals surface area contributed by atoms with Gasteiger partial charge >= 0.3 is 0 Å². The van der Waals surface area contributed by atoms with Crippen LogP contribution in [0.3, 0.4) is 0 Å². The Morgan fingerprint density at radius 3 is 2.61 bits per heavy atom. The van der Waals surface area contributed by atoms with Gasteiger partial charge in [0.05, 0.1) is 0 Å². The molecule has 0 unspecified atom stereocenters. The van der Waals surface area contributed by atoms with Crippen LogP contribution in [0.4, 0.5) is 0 Å². The predicted octanol–water partition coefficient (Wildman–Crippen LogP) is -0.590. The van der Waals surface area contributed by atoms with E-state index in [9.17, 15) is 8.42 Å². The Kier molecular flexibility index (Phi) is 6.51. The molecule has 108 valence electrons. The van der Waals surface area contributed by atoms with Gasteiger partial charge in [-0.05, 0) is 40.0 Å². The van der Waals surface area contributed by atoms with Gasteiger partial charge in [0.25, 0.3) is 10.2 Å². The standard InChI is InChI=1S/C11H26N4O2S/c1-12-6-4-8-14(3)18(16,17)15-9-5-7-13(2)10-11-15/h12H,4-11H2,1-3H3. The van der Waals surface area contributed by atoms with Crippen molar-refractivity contribution >= 4 is 10.2 Å². The molecule has 7 heteroatoms. The number of nitrogens with one attached hydrogen (secondary N) is 1. The van der Waals surface area contributed by atoms with Crippen LogP contribution >= 0.6 is 0 Å². The molecule has 0 saturated carbocycles. The molecule has 1 heterocycles. The fourth-order valence-corrected chi connectivity index (χ4v) is 3.47. The molecule has 0 aromatic carbocycles. The fraction of sp³-hybridized carbons (Fsp3) is 1.00. The van der Waals surface area contributed by atoms with E-state index in [-0.39, 0.29) is 0 Å². The van der Waals surface area contributed by atoms with Crippen molar-refractivity contribution in [1.29, 1.82) is 0 Å². The smallest absolute Gasteiger partial charge is 0.281 e. The topological polar surface area (TPSA) is 55.9 Å². The summed E-state index contributed by atoms with van der Waals surface area (Å²) in [7, 11) is 2.30. The van der Waals surface area contributed by atoms with Crippen LogP contribution in [0.25, 0.3) is 0 Å². The summed E-state index contributed by atoms with van der Waals surface area (Å²) >= 11 is 0. The quantitative estimate of drug-likeness (QED) is 0.660. The molecule has 0 bridgehead atoms. The van der Waals surface area contributed by atoms with Gasteiger partial charge in [0.1, 0.15) is 0 Å². The lowest BCUT2D eigenvalue weighted by molar-refractivity contribution is 0.335. The van der Waals surface area contributed by atoms with E-state index in [0.29, 0.717) is 19.6 Å². The second kappa shape index (κ2) is 7.40. The monoisotopic (exact) mass is 278 g/mol. The highest BCUT2D eigenvalue weighted by Crippen LogP contribution is 2.10. The van der Waals surface area contributed by atoms with Gasteiger partial charge in [-0.25, -0.2) is 0 Å². The first-order chi connectivity index (χ1) is 8.48. The molecular weight excluding hydrogens is 252 g/mol. The largest absolute Gasteiger partial charge is 0.320 e. The molecule has 6 nitrogen and oxygen atoms in total. The molecule has 0 atom stereocenters. The van der Waals surface area contributed by atoms with Crippen LogP contribution < -0.4 is 5.32 Å². The minimum Gasteiger partial charge on any atom is -0.320 e. The zero-order chi connectivity index (χ0) is 13.6. The Morgan fingerprint density at radius 2 is 1.94 bits per heavy atom. The maximum atomic E-state index is 12.4. The Morgan fingerprint density at radius 1 is 1.22 bits per heavy atom. The fourth-order valence-electron chi connectivity index (χ4n) is 2.04. The van der Waals surface area contributed by atoms with Crippen LogP contribution in [0.1, 0.15) is 12.8 Å². The maximum absolute atomic E-state index is 12.4. The molecule has 0 aromatic heterocycles. The van der Waals surface area contributed by atoms with Crippen molar-refractivity contribution in [2.24, 2.45) is 0 Å². The average molecular weight is 278 g/mol. The van der Waals surface area contributed by atoms with Gasteiger partial charge < -0.3 is 10.2 Å². The summed E-state index contributed by atoms with van der Waals surface area (Å²) in [6.07, 6.45) is 1.74. The lowest BCUT2D eigenvalue weighted by Gasteiger charge is -2.26. The lowest BCUT2D eigenvalue weighted by atomic mass is 10.4. The van der Waals surface area contributed by atoms with Crippen molar-refractivity contribution in [3.63, 3.8) is 0 Å². The molecule has 18 heavy (non-hydrogen) atoms. The molecule has 0 radical (unpaired) electrons. The Balaban J connectivity index is 2.55. The van der Waals surface area contributed by atoms with Crippen molar-refractivity contribution in [1.82, 2.24) is 18.8 Å². The van der Waals surface area contributed by atoms with Crippen molar-refractivity contribution in [2.45, 2.75) is 12.8 Å². The Labute approximate surface area is 111 Å². The molecule has 0 aromatic rings. The van der Waals surface area contributed by atoms with Gasteiger partial charge in [-0.15, -0.1) is 0 Å². The third-order valence-corrected chi connectivity index (χ3v) is 5.29. The summed E-state index contributed by atoms with van der Waals surface area (Å²) in [5.41, 5.74) is 0. The van der Waals surface area contributed by atoms with Crippen LogP contribution in [0.5, 0.6) is 0 Å². The number of likely N-dealkylation sites (N-methyl/N-ethyl adjacent to an activating group) is 1. The molecule has 1 aliphatic heterocycles. The van der Waals surface area contributed by atoms with E-state index in [2.05, 4.69) is 10.2 Å². The molecule has 0 aliphatic carbocycles. The van der Waals surface area contributed by atoms with Gasteiger partial charge in [0.2, 0.25) is 0 Å². The summed E-state index contributed by atoms with van der Waals surface area (Å²) < 4.78 is 27.8. The minimum absolute atomic E-state index is 0.565. The summed E-state index contributed by atoms with van der Waals surface area (Å²) in [6.45, 7) is 4.40. The third-order valence-electron chi connectivity index (χ3n) is 3.30. The number of rotatable bonds is 6. The van der Waals surface area contributed by atoms with Crippen LogP contribution in [0, 0.1) is 0 Å². The molecule has 1 rings (SSSR count). The first-order valence-electron chi connectivity index (χ1n) is 6.53. The van der Waals surface area contributed by atoms with Crippen molar-refractivity contribution < 1.29 is 8.42 Å². The van der Waals surface area contributed by atoms with Crippen LogP contribution in [0.15, 0.2) is 0 Å². The summed E-state index contributed by atoms with van der Waals surface area (Å²) in [6, 6.07) is 0. The average Bonchev–Trinajstić information content (AvgIpc) is 2.54. The Hall–Kier alpha value is -0.210. The van der Waals surface area contributed by atoms with Crippen LogP contribution in [-0.2, 0) is 10.2 Å². The normalized spacial score (nSPS) is 20.2. The van der Waals surface area contributed by atoms with E-state index in [4.69, 9.17) is 0 Å². The molecule has 1 N–H and O–H groups in total. The van der Waals surface area contributed by atoms with E-state index >= 15 is 0 Å². The summed E-state index contributed by atoms with van der Waals surface area (Å²) in [4.78, 5) is 2.18.